The summed E-state index contributed by atoms with van der Waals surface area (Å²) in [6.45, 7) is 5.99. The fraction of sp³-hybridized carbons (Fsp3) is 0.440. The maximum Gasteiger partial charge on any atom is 0.321 e. The Morgan fingerprint density at radius 3 is 2.26 bits per heavy atom. The molecule has 1 aliphatic heterocycles. The van der Waals surface area contributed by atoms with E-state index in [9.17, 15) is 9.59 Å². The van der Waals surface area contributed by atoms with Crippen molar-refractivity contribution in [2.45, 2.75) is 32.4 Å². The first-order valence-electron chi connectivity index (χ1n) is 11.2. The van der Waals surface area contributed by atoms with Crippen LogP contribution in [0.3, 0.4) is 0 Å². The molecule has 1 fully saturated rings. The Morgan fingerprint density at radius 2 is 1.65 bits per heavy atom. The Bertz CT molecular complexity index is 820. The molecular formula is C25H34N4O2. The van der Waals surface area contributed by atoms with E-state index >= 15 is 0 Å². The van der Waals surface area contributed by atoms with Gasteiger partial charge in [-0.1, -0.05) is 60.7 Å². The first-order chi connectivity index (χ1) is 15.1. The van der Waals surface area contributed by atoms with Crippen molar-refractivity contribution in [3.63, 3.8) is 0 Å². The number of carbonyl (C=O) groups excluding carboxylic acids is 2. The highest BCUT2D eigenvalue weighted by molar-refractivity contribution is 5.97. The highest BCUT2D eigenvalue weighted by Gasteiger charge is 2.32. The van der Waals surface area contributed by atoms with Gasteiger partial charge in [0.25, 0.3) is 0 Å². The molecule has 0 spiro atoms. The molecule has 1 saturated heterocycles. The van der Waals surface area contributed by atoms with Crippen LogP contribution in [0, 0.1) is 5.92 Å². The highest BCUT2D eigenvalue weighted by Crippen LogP contribution is 2.28. The third-order valence-electron chi connectivity index (χ3n) is 5.82. The summed E-state index contributed by atoms with van der Waals surface area (Å²) < 4.78 is 0. The number of rotatable bonds is 8. The van der Waals surface area contributed by atoms with Gasteiger partial charge in [-0.2, -0.15) is 0 Å². The molecule has 2 aromatic rings. The minimum atomic E-state index is -0.452. The third-order valence-corrected chi connectivity index (χ3v) is 5.82. The Hall–Kier alpha value is -2.70. The number of hydrogen-bond donors (Lipinski definition) is 2. The van der Waals surface area contributed by atoms with E-state index in [0.717, 1.165) is 44.6 Å². The number of imide groups is 1. The topological polar surface area (TPSA) is 64.7 Å². The van der Waals surface area contributed by atoms with E-state index < -0.39 is 12.1 Å². The number of likely N-dealkylation sites (tertiary alicyclic amines) is 1. The van der Waals surface area contributed by atoms with E-state index in [-0.39, 0.29) is 5.91 Å². The van der Waals surface area contributed by atoms with Crippen LogP contribution in [0.5, 0.6) is 0 Å². The Kier molecular flexibility index (Phi) is 8.62. The second-order valence-corrected chi connectivity index (χ2v) is 8.32. The SMILES string of the molecule is CCNC(=O)NC(=O)C(c1ccccc1)N1CCC(CN(C)Cc2ccccc2)CC1. The van der Waals surface area contributed by atoms with Crippen molar-refractivity contribution in [3.05, 3.63) is 71.8 Å². The van der Waals surface area contributed by atoms with E-state index in [0.29, 0.717) is 12.5 Å². The van der Waals surface area contributed by atoms with E-state index in [4.69, 9.17) is 0 Å². The van der Waals surface area contributed by atoms with E-state index in [1.165, 1.54) is 5.56 Å². The predicted octanol–water partition coefficient (Wildman–Crippen LogP) is 3.42. The molecule has 2 aromatic carbocycles. The van der Waals surface area contributed by atoms with Gasteiger partial charge >= 0.3 is 6.03 Å². The van der Waals surface area contributed by atoms with Crippen molar-refractivity contribution < 1.29 is 9.59 Å². The number of piperidine rings is 1. The zero-order chi connectivity index (χ0) is 22.1. The summed E-state index contributed by atoms with van der Waals surface area (Å²) in [7, 11) is 2.17. The van der Waals surface area contributed by atoms with Crippen LogP contribution in [-0.4, -0.2) is 55.0 Å². The lowest BCUT2D eigenvalue weighted by atomic mass is 9.93. The molecule has 0 aromatic heterocycles. The number of hydrogen-bond acceptors (Lipinski definition) is 4. The first-order valence-corrected chi connectivity index (χ1v) is 11.2. The lowest BCUT2D eigenvalue weighted by molar-refractivity contribution is -0.126. The van der Waals surface area contributed by atoms with Crippen LogP contribution in [0.25, 0.3) is 0 Å². The smallest absolute Gasteiger partial charge is 0.321 e. The second kappa shape index (κ2) is 11.6. The lowest BCUT2D eigenvalue weighted by Crippen LogP contribution is -2.48. The molecule has 6 heteroatoms. The number of carbonyl (C=O) groups is 2. The molecule has 0 saturated carbocycles. The maximum absolute atomic E-state index is 13.0. The molecule has 1 atom stereocenters. The molecule has 2 N–H and O–H groups in total. The molecular weight excluding hydrogens is 388 g/mol. The largest absolute Gasteiger partial charge is 0.338 e. The Balaban J connectivity index is 1.58. The van der Waals surface area contributed by atoms with Crippen molar-refractivity contribution in [1.29, 1.82) is 0 Å². The van der Waals surface area contributed by atoms with Crippen LogP contribution in [-0.2, 0) is 11.3 Å². The standard InChI is InChI=1S/C25H34N4O2/c1-3-26-25(31)27-24(30)23(22-12-8-5-9-13-22)29-16-14-21(15-17-29)19-28(2)18-20-10-6-4-7-11-20/h4-13,21,23H,3,14-19H2,1-2H3,(H2,26,27,30,31). The fourth-order valence-electron chi connectivity index (χ4n) is 4.34. The van der Waals surface area contributed by atoms with Crippen molar-refractivity contribution in [2.75, 3.05) is 33.2 Å². The molecule has 3 amide bonds. The van der Waals surface area contributed by atoms with Crippen molar-refractivity contribution in [3.8, 4) is 0 Å². The van der Waals surface area contributed by atoms with Crippen LogP contribution in [0.4, 0.5) is 4.79 Å². The van der Waals surface area contributed by atoms with Gasteiger partial charge in [0.2, 0.25) is 5.91 Å². The van der Waals surface area contributed by atoms with E-state index in [2.05, 4.69) is 51.7 Å². The van der Waals surface area contributed by atoms with Crippen LogP contribution in [0.1, 0.15) is 36.9 Å². The minimum Gasteiger partial charge on any atom is -0.338 e. The Morgan fingerprint density at radius 1 is 1.03 bits per heavy atom. The van der Waals surface area contributed by atoms with E-state index in [1.54, 1.807) is 0 Å². The summed E-state index contributed by atoms with van der Waals surface area (Å²) in [6, 6.07) is 19.4. The van der Waals surface area contributed by atoms with Crippen molar-refractivity contribution >= 4 is 11.9 Å². The average Bonchev–Trinajstić information content (AvgIpc) is 2.76. The van der Waals surface area contributed by atoms with Crippen LogP contribution in [0.2, 0.25) is 0 Å². The molecule has 3 rings (SSSR count). The van der Waals surface area contributed by atoms with Crippen molar-refractivity contribution in [2.24, 2.45) is 5.92 Å². The summed E-state index contributed by atoms with van der Waals surface area (Å²) in [5, 5.41) is 5.15. The third kappa shape index (κ3) is 6.91. The zero-order valence-electron chi connectivity index (χ0n) is 18.6. The summed E-state index contributed by atoms with van der Waals surface area (Å²) in [5.74, 6) is 0.338. The first kappa shape index (κ1) is 23.0. The molecule has 31 heavy (non-hydrogen) atoms. The normalized spacial score (nSPS) is 16.1. The van der Waals surface area contributed by atoms with Gasteiger partial charge in [-0.25, -0.2) is 4.79 Å². The number of nitrogens with zero attached hydrogens (tertiary/aromatic N) is 2. The van der Waals surface area contributed by atoms with Gasteiger partial charge in [0, 0.05) is 19.6 Å². The zero-order valence-corrected chi connectivity index (χ0v) is 18.6. The average molecular weight is 423 g/mol. The number of nitrogens with one attached hydrogen (secondary N) is 2. The lowest BCUT2D eigenvalue weighted by Gasteiger charge is -2.38. The molecule has 166 valence electrons. The summed E-state index contributed by atoms with van der Waals surface area (Å²) in [4.78, 5) is 29.5. The van der Waals surface area contributed by atoms with Gasteiger partial charge in [0.15, 0.2) is 0 Å². The van der Waals surface area contributed by atoms with Gasteiger partial charge in [-0.15, -0.1) is 0 Å². The summed E-state index contributed by atoms with van der Waals surface area (Å²) in [5.41, 5.74) is 2.25. The number of urea groups is 1. The fourth-order valence-corrected chi connectivity index (χ4v) is 4.34. The summed E-state index contributed by atoms with van der Waals surface area (Å²) >= 11 is 0. The Labute approximate surface area is 185 Å². The van der Waals surface area contributed by atoms with Crippen LogP contribution < -0.4 is 10.6 Å². The number of amides is 3. The molecule has 0 bridgehead atoms. The van der Waals surface area contributed by atoms with Gasteiger partial charge in [0.1, 0.15) is 6.04 Å². The number of benzene rings is 2. The molecule has 1 unspecified atom stereocenters. The summed E-state index contributed by atoms with van der Waals surface area (Å²) in [6.07, 6.45) is 2.08. The van der Waals surface area contributed by atoms with Gasteiger partial charge in [-0.05, 0) is 56.9 Å². The monoisotopic (exact) mass is 422 g/mol. The van der Waals surface area contributed by atoms with Gasteiger partial charge in [-0.3, -0.25) is 15.0 Å². The molecule has 6 nitrogen and oxygen atoms in total. The van der Waals surface area contributed by atoms with Crippen LogP contribution in [0.15, 0.2) is 60.7 Å². The van der Waals surface area contributed by atoms with Gasteiger partial charge < -0.3 is 10.2 Å². The van der Waals surface area contributed by atoms with Crippen molar-refractivity contribution in [1.82, 2.24) is 20.4 Å². The maximum atomic E-state index is 13.0. The highest BCUT2D eigenvalue weighted by atomic mass is 16.2. The van der Waals surface area contributed by atoms with Crippen LogP contribution >= 0.6 is 0 Å². The second-order valence-electron chi connectivity index (χ2n) is 8.32. The van der Waals surface area contributed by atoms with E-state index in [1.807, 2.05) is 43.3 Å². The molecule has 1 aliphatic rings. The molecule has 1 heterocycles. The minimum absolute atomic E-state index is 0.267. The quantitative estimate of drug-likeness (QED) is 0.684. The molecule has 0 radical (unpaired) electrons. The van der Waals surface area contributed by atoms with Gasteiger partial charge in [0.05, 0.1) is 0 Å². The predicted molar refractivity (Wildman–Crippen MR) is 123 cm³/mol. The molecule has 0 aliphatic carbocycles.